The molecule has 34 heavy (non-hydrogen) atoms. The predicted molar refractivity (Wildman–Crippen MR) is 134 cm³/mol. The number of hydrogen-bond acceptors (Lipinski definition) is 3. The highest BCUT2D eigenvalue weighted by atomic mass is 35.5. The molecule has 1 saturated carbocycles. The summed E-state index contributed by atoms with van der Waals surface area (Å²) >= 11 is 12.3. The molecule has 2 aromatic rings. The number of benzene rings is 2. The highest BCUT2D eigenvalue weighted by molar-refractivity contribution is 7.46. The molecule has 0 spiro atoms. The first-order chi connectivity index (χ1) is 16.3. The Kier molecular flexibility index (Phi) is 6.85. The van der Waals surface area contributed by atoms with Gasteiger partial charge in [0, 0.05) is 16.5 Å². The van der Waals surface area contributed by atoms with Crippen molar-refractivity contribution >= 4 is 36.8 Å². The minimum absolute atomic E-state index is 0.0659. The molecular weight excluding hydrogens is 494 g/mol. The zero-order valence-corrected chi connectivity index (χ0v) is 21.1. The lowest BCUT2D eigenvalue weighted by Crippen LogP contribution is -2.30. The quantitative estimate of drug-likeness (QED) is 0.237. The van der Waals surface area contributed by atoms with Crippen molar-refractivity contribution in [3.8, 4) is 11.5 Å². The Morgan fingerprint density at radius 2 is 1.74 bits per heavy atom. The van der Waals surface area contributed by atoms with Gasteiger partial charge in [0.05, 0.1) is 5.02 Å². The molecule has 0 aliphatic heterocycles. The second kappa shape index (κ2) is 9.72. The zero-order valence-electron chi connectivity index (χ0n) is 18.7. The van der Waals surface area contributed by atoms with Gasteiger partial charge in [-0.25, -0.2) is 4.57 Å². The van der Waals surface area contributed by atoms with Gasteiger partial charge in [0.2, 0.25) is 0 Å². The van der Waals surface area contributed by atoms with Crippen LogP contribution in [0.5, 0.6) is 11.5 Å². The third kappa shape index (κ3) is 5.10. The van der Waals surface area contributed by atoms with Crippen LogP contribution in [0, 0.1) is 11.8 Å². The molecule has 2 atom stereocenters. The molecular formula is C26H27Cl2O5P. The summed E-state index contributed by atoms with van der Waals surface area (Å²) in [7, 11) is -4.77. The van der Waals surface area contributed by atoms with Gasteiger partial charge in [-0.2, -0.15) is 0 Å². The summed E-state index contributed by atoms with van der Waals surface area (Å²) in [5.41, 5.74) is 5.19. The van der Waals surface area contributed by atoms with Crippen molar-refractivity contribution in [2.24, 2.45) is 11.8 Å². The third-order valence-corrected chi connectivity index (χ3v) is 8.11. The first kappa shape index (κ1) is 24.0. The molecule has 2 N–H and O–H groups in total. The van der Waals surface area contributed by atoms with Crippen molar-refractivity contribution in [2.45, 2.75) is 51.4 Å². The van der Waals surface area contributed by atoms with Crippen LogP contribution in [-0.4, -0.2) is 9.79 Å². The van der Waals surface area contributed by atoms with E-state index in [1.54, 1.807) is 35.4 Å². The number of phosphoric ester groups is 1. The Bertz CT molecular complexity index is 1200. The standard InChI is InChI=1S/C26H27Cl2O5P/c27-19-9-11-20(12-10-19)32-26(18-8-13-23(28)24(15-18)33-34(29,30)31)25-17-5-3-7-22(25)21-6-2-1-4-16(21)14-17/h8-13,15,17,22H,1-7,14H2,(H2,29,30,31)/b26-25+. The molecule has 2 unspecified atom stereocenters. The normalized spacial score (nSPS) is 23.9. The first-order valence-electron chi connectivity index (χ1n) is 11.7. The van der Waals surface area contributed by atoms with Crippen molar-refractivity contribution in [1.29, 1.82) is 0 Å². The van der Waals surface area contributed by atoms with Crippen LogP contribution in [0.25, 0.3) is 5.76 Å². The van der Waals surface area contributed by atoms with Gasteiger partial charge in [0.25, 0.3) is 0 Å². The molecule has 3 aliphatic carbocycles. The predicted octanol–water partition coefficient (Wildman–Crippen LogP) is 7.95. The van der Waals surface area contributed by atoms with E-state index in [0.29, 0.717) is 28.2 Å². The first-order valence-corrected chi connectivity index (χ1v) is 14.0. The summed E-state index contributed by atoms with van der Waals surface area (Å²) in [4.78, 5) is 18.7. The van der Waals surface area contributed by atoms with Crippen LogP contribution in [0.1, 0.15) is 56.9 Å². The van der Waals surface area contributed by atoms with Crippen LogP contribution >= 0.6 is 31.0 Å². The van der Waals surface area contributed by atoms with E-state index in [9.17, 15) is 14.4 Å². The van der Waals surface area contributed by atoms with E-state index in [2.05, 4.69) is 0 Å². The van der Waals surface area contributed by atoms with Crippen LogP contribution in [0.4, 0.5) is 0 Å². The summed E-state index contributed by atoms with van der Waals surface area (Å²) in [6.45, 7) is 0. The summed E-state index contributed by atoms with van der Waals surface area (Å²) in [6.07, 6.45) is 9.29. The molecule has 0 heterocycles. The van der Waals surface area contributed by atoms with Crippen molar-refractivity contribution in [2.75, 3.05) is 0 Å². The zero-order chi connectivity index (χ0) is 23.9. The lowest BCUT2D eigenvalue weighted by molar-refractivity contribution is 0.283. The topological polar surface area (TPSA) is 76.0 Å². The molecule has 1 fully saturated rings. The monoisotopic (exact) mass is 520 g/mol. The number of phosphoric acid groups is 1. The Labute approximate surface area is 209 Å². The van der Waals surface area contributed by atoms with Gasteiger partial charge in [0.15, 0.2) is 5.75 Å². The fourth-order valence-corrected chi connectivity index (χ4v) is 6.51. The molecule has 2 bridgehead atoms. The average Bonchev–Trinajstić information content (AvgIpc) is 2.79. The molecule has 0 amide bonds. The van der Waals surface area contributed by atoms with Crippen molar-refractivity contribution in [3.05, 3.63) is 74.8 Å². The van der Waals surface area contributed by atoms with Gasteiger partial charge < -0.3 is 9.26 Å². The van der Waals surface area contributed by atoms with E-state index < -0.39 is 7.82 Å². The van der Waals surface area contributed by atoms with E-state index in [1.807, 2.05) is 18.2 Å². The summed E-state index contributed by atoms with van der Waals surface area (Å²) in [5.74, 6) is 2.04. The Morgan fingerprint density at radius 3 is 2.50 bits per heavy atom. The van der Waals surface area contributed by atoms with Crippen molar-refractivity contribution < 1.29 is 23.6 Å². The Morgan fingerprint density at radius 1 is 0.971 bits per heavy atom. The van der Waals surface area contributed by atoms with Gasteiger partial charge in [-0.15, -0.1) is 0 Å². The number of hydrogen-bond donors (Lipinski definition) is 2. The second-order valence-corrected chi connectivity index (χ2v) is 11.3. The van der Waals surface area contributed by atoms with Gasteiger partial charge in [-0.1, -0.05) is 40.8 Å². The number of allylic oxidation sites excluding steroid dienone is 3. The van der Waals surface area contributed by atoms with Crippen LogP contribution in [0.15, 0.2) is 59.2 Å². The van der Waals surface area contributed by atoms with Gasteiger partial charge in [-0.05, 0) is 98.9 Å². The summed E-state index contributed by atoms with van der Waals surface area (Å²) in [5, 5.41) is 0.751. The van der Waals surface area contributed by atoms with E-state index in [-0.39, 0.29) is 10.8 Å². The fourth-order valence-electron chi connectivity index (χ4n) is 5.77. The number of fused-ring (bicyclic) bond motifs is 3. The lowest BCUT2D eigenvalue weighted by Gasteiger charge is -2.43. The van der Waals surface area contributed by atoms with Crippen molar-refractivity contribution in [3.63, 3.8) is 0 Å². The van der Waals surface area contributed by atoms with Crippen LogP contribution in [0.2, 0.25) is 10.0 Å². The van der Waals surface area contributed by atoms with Crippen LogP contribution in [-0.2, 0) is 4.57 Å². The maximum Gasteiger partial charge on any atom is 0.524 e. The molecule has 0 saturated heterocycles. The molecule has 8 heteroatoms. The highest BCUT2D eigenvalue weighted by Gasteiger charge is 2.39. The molecule has 5 nitrogen and oxygen atoms in total. The smallest absolute Gasteiger partial charge is 0.457 e. The van der Waals surface area contributed by atoms with E-state index in [4.69, 9.17) is 32.5 Å². The van der Waals surface area contributed by atoms with Crippen molar-refractivity contribution in [1.82, 2.24) is 0 Å². The molecule has 2 aromatic carbocycles. The van der Waals surface area contributed by atoms with Crippen LogP contribution < -0.4 is 9.26 Å². The van der Waals surface area contributed by atoms with E-state index in [0.717, 1.165) is 31.4 Å². The maximum atomic E-state index is 11.5. The molecule has 3 aliphatic rings. The summed E-state index contributed by atoms with van der Waals surface area (Å²) in [6, 6.07) is 12.2. The molecule has 180 valence electrons. The molecule has 0 radical (unpaired) electrons. The molecule has 0 aromatic heterocycles. The van der Waals surface area contributed by atoms with E-state index >= 15 is 0 Å². The highest BCUT2D eigenvalue weighted by Crippen LogP contribution is 2.53. The SMILES string of the molecule is O=P(O)(O)Oc1cc(/C(Oc2ccc(Cl)cc2)=C2/C3CCCC2C2=C(CCCC2)C3)ccc1Cl. The number of rotatable bonds is 5. The lowest BCUT2D eigenvalue weighted by atomic mass is 9.62. The third-order valence-electron chi connectivity index (χ3n) is 7.11. The van der Waals surface area contributed by atoms with Crippen LogP contribution in [0.3, 0.4) is 0 Å². The molecule has 5 rings (SSSR count). The summed E-state index contributed by atoms with van der Waals surface area (Å²) < 4.78 is 23.0. The Hall–Kier alpha value is -1.75. The second-order valence-electron chi connectivity index (χ2n) is 9.29. The largest absolute Gasteiger partial charge is 0.524 e. The maximum absolute atomic E-state index is 11.5. The minimum Gasteiger partial charge on any atom is -0.457 e. The number of halogens is 2. The van der Waals surface area contributed by atoms with Gasteiger partial charge in [-0.3, -0.25) is 9.79 Å². The fraction of sp³-hybridized carbons (Fsp3) is 0.385. The average molecular weight is 521 g/mol. The number of ether oxygens (including phenoxy) is 1. The Balaban J connectivity index is 1.66. The minimum atomic E-state index is -4.77. The van der Waals surface area contributed by atoms with E-state index in [1.165, 1.54) is 31.3 Å². The van der Waals surface area contributed by atoms with Gasteiger partial charge in [0.1, 0.15) is 11.5 Å². The van der Waals surface area contributed by atoms with Gasteiger partial charge >= 0.3 is 7.82 Å².